The van der Waals surface area contributed by atoms with Crippen LogP contribution in [0.2, 0.25) is 0 Å². The van der Waals surface area contributed by atoms with E-state index in [1.54, 1.807) is 0 Å². The quantitative estimate of drug-likeness (QED) is 0.415. The van der Waals surface area contributed by atoms with E-state index in [9.17, 15) is 4.79 Å². The molecule has 5 N–H and O–H groups in total. The molecule has 3 rings (SSSR count). The van der Waals surface area contributed by atoms with Crippen LogP contribution in [-0.4, -0.2) is 50.6 Å². The highest BCUT2D eigenvalue weighted by Gasteiger charge is 2.21. The van der Waals surface area contributed by atoms with Gasteiger partial charge in [0.15, 0.2) is 0 Å². The standard InChI is InChI=1S/C16H21N3O.H3O4P/c1-2-19-8-6-12(7-9-19)15-10-13-4-3-5-14(17-11-20)16(13)18-15;1-5(2,3)4/h3-5,10-12,18H,2,6-9H2,1H3,(H,17,20);(H3,1,2,3,4). The monoisotopic (exact) mass is 369 g/mol. The Morgan fingerprint density at radius 3 is 2.52 bits per heavy atom. The number of phosphoric acid groups is 1. The lowest BCUT2D eigenvalue weighted by Crippen LogP contribution is -2.32. The number of rotatable bonds is 4. The van der Waals surface area contributed by atoms with Gasteiger partial charge in [-0.05, 0) is 44.6 Å². The van der Waals surface area contributed by atoms with Gasteiger partial charge in [0, 0.05) is 17.0 Å². The Kier molecular flexibility index (Phi) is 6.75. The summed E-state index contributed by atoms with van der Waals surface area (Å²) in [6.45, 7) is 5.72. The summed E-state index contributed by atoms with van der Waals surface area (Å²) in [5.74, 6) is 0.606. The van der Waals surface area contributed by atoms with Crippen LogP contribution in [0.4, 0.5) is 5.69 Å². The zero-order chi connectivity index (χ0) is 18.4. The molecule has 0 saturated carbocycles. The minimum atomic E-state index is -4.64. The largest absolute Gasteiger partial charge is 0.466 e. The van der Waals surface area contributed by atoms with Gasteiger partial charge < -0.3 is 29.9 Å². The van der Waals surface area contributed by atoms with Crippen molar-refractivity contribution in [2.24, 2.45) is 0 Å². The Hall–Kier alpha value is -1.70. The molecule has 25 heavy (non-hydrogen) atoms. The van der Waals surface area contributed by atoms with E-state index in [-0.39, 0.29) is 0 Å². The molecule has 1 amide bonds. The number of nitrogens with zero attached hydrogens (tertiary/aromatic N) is 1. The molecular formula is C16H24N3O5P. The number of aromatic amines is 1. The molecule has 0 atom stereocenters. The maximum atomic E-state index is 10.7. The average molecular weight is 369 g/mol. The third-order valence-corrected chi connectivity index (χ3v) is 4.37. The molecule has 1 aromatic carbocycles. The van der Waals surface area contributed by atoms with Crippen molar-refractivity contribution in [2.75, 3.05) is 25.0 Å². The van der Waals surface area contributed by atoms with Crippen molar-refractivity contribution in [3.8, 4) is 0 Å². The molecule has 0 radical (unpaired) electrons. The van der Waals surface area contributed by atoms with Crippen LogP contribution in [-0.2, 0) is 9.36 Å². The predicted molar refractivity (Wildman–Crippen MR) is 96.3 cm³/mol. The van der Waals surface area contributed by atoms with Crippen molar-refractivity contribution in [2.45, 2.75) is 25.7 Å². The zero-order valence-electron chi connectivity index (χ0n) is 14.1. The molecule has 8 nitrogen and oxygen atoms in total. The average Bonchev–Trinajstić information content (AvgIpc) is 2.99. The number of hydrogen-bond acceptors (Lipinski definition) is 3. The molecule has 1 fully saturated rings. The van der Waals surface area contributed by atoms with Gasteiger partial charge in [0.25, 0.3) is 0 Å². The molecular weight excluding hydrogens is 345 g/mol. The number of carbonyl (C=O) groups is 1. The van der Waals surface area contributed by atoms with Crippen molar-refractivity contribution in [1.82, 2.24) is 9.88 Å². The summed E-state index contributed by atoms with van der Waals surface area (Å²) in [6.07, 6.45) is 3.14. The number of piperidine rings is 1. The van der Waals surface area contributed by atoms with Gasteiger partial charge >= 0.3 is 7.82 Å². The molecule has 1 aromatic heterocycles. The Morgan fingerprint density at radius 2 is 1.96 bits per heavy atom. The van der Waals surface area contributed by atoms with Gasteiger partial charge in [-0.1, -0.05) is 19.1 Å². The summed E-state index contributed by atoms with van der Waals surface area (Å²) in [5.41, 5.74) is 3.19. The maximum Gasteiger partial charge on any atom is 0.466 e. The van der Waals surface area contributed by atoms with Crippen LogP contribution in [0.3, 0.4) is 0 Å². The number of H-pyrrole nitrogens is 1. The smallest absolute Gasteiger partial charge is 0.356 e. The number of carbonyl (C=O) groups excluding carboxylic acids is 1. The molecule has 0 spiro atoms. The van der Waals surface area contributed by atoms with E-state index < -0.39 is 7.82 Å². The van der Waals surface area contributed by atoms with Crippen molar-refractivity contribution in [3.63, 3.8) is 0 Å². The summed E-state index contributed by atoms with van der Waals surface area (Å²) >= 11 is 0. The molecule has 0 unspecified atom stereocenters. The van der Waals surface area contributed by atoms with E-state index in [1.165, 1.54) is 37.0 Å². The third kappa shape index (κ3) is 5.95. The van der Waals surface area contributed by atoms with Crippen LogP contribution >= 0.6 is 7.82 Å². The lowest BCUT2D eigenvalue weighted by molar-refractivity contribution is -0.105. The molecule has 2 heterocycles. The van der Waals surface area contributed by atoms with Gasteiger partial charge in [-0.15, -0.1) is 0 Å². The Morgan fingerprint density at radius 1 is 1.32 bits per heavy atom. The predicted octanol–water partition coefficient (Wildman–Crippen LogP) is 2.01. The topological polar surface area (TPSA) is 126 Å². The zero-order valence-corrected chi connectivity index (χ0v) is 14.9. The van der Waals surface area contributed by atoms with Crippen LogP contribution in [0.25, 0.3) is 10.9 Å². The molecule has 138 valence electrons. The number of para-hydroxylation sites is 1. The number of likely N-dealkylation sites (tertiary alicyclic amines) is 1. The molecule has 1 saturated heterocycles. The Balaban J connectivity index is 0.000000399. The van der Waals surface area contributed by atoms with Gasteiger partial charge in [-0.2, -0.15) is 0 Å². The summed E-state index contributed by atoms with van der Waals surface area (Å²) in [7, 11) is -4.64. The number of nitrogens with one attached hydrogen (secondary N) is 2. The second-order valence-electron chi connectivity index (χ2n) is 5.98. The number of amides is 1. The number of fused-ring (bicyclic) bond motifs is 1. The normalized spacial score (nSPS) is 16.3. The molecule has 0 aliphatic carbocycles. The first-order chi connectivity index (χ1) is 11.8. The summed E-state index contributed by atoms with van der Waals surface area (Å²) in [6, 6.07) is 8.23. The summed E-state index contributed by atoms with van der Waals surface area (Å²) < 4.78 is 8.88. The van der Waals surface area contributed by atoms with Crippen molar-refractivity contribution < 1.29 is 24.0 Å². The highest BCUT2D eigenvalue weighted by molar-refractivity contribution is 7.45. The van der Waals surface area contributed by atoms with E-state index in [4.69, 9.17) is 19.2 Å². The Bertz CT molecular complexity index is 741. The Labute approximate surface area is 146 Å². The van der Waals surface area contributed by atoms with Crippen molar-refractivity contribution in [1.29, 1.82) is 0 Å². The number of aromatic nitrogens is 1. The van der Waals surface area contributed by atoms with Crippen LogP contribution in [0.1, 0.15) is 31.4 Å². The summed E-state index contributed by atoms with van der Waals surface area (Å²) in [4.78, 5) is 38.2. The van der Waals surface area contributed by atoms with Gasteiger partial charge in [0.1, 0.15) is 0 Å². The molecule has 2 aromatic rings. The lowest BCUT2D eigenvalue weighted by atomic mass is 9.93. The summed E-state index contributed by atoms with van der Waals surface area (Å²) in [5, 5.41) is 3.93. The highest BCUT2D eigenvalue weighted by atomic mass is 31.2. The first kappa shape index (κ1) is 19.6. The fourth-order valence-electron chi connectivity index (χ4n) is 3.14. The van der Waals surface area contributed by atoms with E-state index >= 15 is 0 Å². The van der Waals surface area contributed by atoms with Crippen LogP contribution < -0.4 is 5.32 Å². The molecule has 1 aliphatic heterocycles. The SMILES string of the molecule is CCN1CCC(c2cc3cccc(NC=O)c3[nH]2)CC1.O=P(O)(O)O. The van der Waals surface area contributed by atoms with Crippen LogP contribution in [0.5, 0.6) is 0 Å². The first-order valence-electron chi connectivity index (χ1n) is 8.14. The van der Waals surface area contributed by atoms with Gasteiger partial charge in [0.05, 0.1) is 11.2 Å². The fourth-order valence-corrected chi connectivity index (χ4v) is 3.14. The second kappa shape index (κ2) is 8.60. The lowest BCUT2D eigenvalue weighted by Gasteiger charge is -2.30. The minimum Gasteiger partial charge on any atom is -0.356 e. The van der Waals surface area contributed by atoms with Crippen molar-refractivity contribution in [3.05, 3.63) is 30.0 Å². The number of benzene rings is 1. The van der Waals surface area contributed by atoms with Crippen LogP contribution in [0.15, 0.2) is 24.3 Å². The van der Waals surface area contributed by atoms with Gasteiger partial charge in [-0.25, -0.2) is 4.57 Å². The third-order valence-electron chi connectivity index (χ3n) is 4.37. The van der Waals surface area contributed by atoms with Gasteiger partial charge in [0.2, 0.25) is 6.41 Å². The van der Waals surface area contributed by atoms with Gasteiger partial charge in [-0.3, -0.25) is 4.79 Å². The second-order valence-corrected chi connectivity index (χ2v) is 7.01. The minimum absolute atomic E-state index is 0.606. The molecule has 1 aliphatic rings. The highest BCUT2D eigenvalue weighted by Crippen LogP contribution is 2.32. The number of anilines is 1. The first-order valence-corrected chi connectivity index (χ1v) is 9.70. The fraction of sp³-hybridized carbons (Fsp3) is 0.438. The van der Waals surface area contributed by atoms with E-state index in [0.29, 0.717) is 5.92 Å². The van der Waals surface area contributed by atoms with E-state index in [0.717, 1.165) is 24.2 Å². The van der Waals surface area contributed by atoms with Crippen LogP contribution in [0, 0.1) is 0 Å². The van der Waals surface area contributed by atoms with E-state index in [1.807, 2.05) is 12.1 Å². The maximum absolute atomic E-state index is 10.7. The molecule has 0 bridgehead atoms. The number of hydrogen-bond donors (Lipinski definition) is 5. The molecule has 9 heteroatoms. The van der Waals surface area contributed by atoms with Crippen molar-refractivity contribution >= 4 is 30.8 Å². The van der Waals surface area contributed by atoms with E-state index in [2.05, 4.69) is 34.3 Å².